The first kappa shape index (κ1) is 17.6. The number of pyridine rings is 1. The van der Waals surface area contributed by atoms with Crippen LogP contribution in [0.25, 0.3) is 11.4 Å². The summed E-state index contributed by atoms with van der Waals surface area (Å²) in [6, 6.07) is 3.65. The van der Waals surface area contributed by atoms with Crippen molar-refractivity contribution in [3.63, 3.8) is 0 Å². The van der Waals surface area contributed by atoms with E-state index >= 15 is 0 Å². The molecular formula is C18H21N5O4. The van der Waals surface area contributed by atoms with Crippen LogP contribution in [-0.4, -0.2) is 75.6 Å². The minimum absolute atomic E-state index is 0.0220. The van der Waals surface area contributed by atoms with Crippen LogP contribution in [-0.2, 0) is 20.7 Å². The van der Waals surface area contributed by atoms with Gasteiger partial charge in [0, 0.05) is 44.4 Å². The molecule has 27 heavy (non-hydrogen) atoms. The van der Waals surface area contributed by atoms with Gasteiger partial charge in [0.2, 0.25) is 23.5 Å². The van der Waals surface area contributed by atoms with Gasteiger partial charge in [0.05, 0.1) is 13.1 Å². The lowest BCUT2D eigenvalue weighted by Crippen LogP contribution is -2.54. The number of likely N-dealkylation sites (tertiary alicyclic amines) is 1. The highest BCUT2D eigenvalue weighted by molar-refractivity contribution is 5.79. The molecule has 1 spiro atoms. The first-order valence-corrected chi connectivity index (χ1v) is 8.93. The van der Waals surface area contributed by atoms with Crippen LogP contribution in [0.4, 0.5) is 0 Å². The lowest BCUT2D eigenvalue weighted by Gasteiger charge is -2.38. The molecule has 0 saturated carbocycles. The minimum Gasteiger partial charge on any atom is -0.361 e. The number of amides is 2. The molecule has 0 N–H and O–H groups in total. The van der Waals surface area contributed by atoms with Crippen molar-refractivity contribution < 1.29 is 18.8 Å². The van der Waals surface area contributed by atoms with E-state index in [1.807, 2.05) is 6.07 Å². The summed E-state index contributed by atoms with van der Waals surface area (Å²) in [4.78, 5) is 36.0. The molecule has 9 heteroatoms. The van der Waals surface area contributed by atoms with E-state index in [1.165, 1.54) is 0 Å². The van der Waals surface area contributed by atoms with Gasteiger partial charge in [-0.25, -0.2) is 0 Å². The van der Waals surface area contributed by atoms with Crippen LogP contribution in [0.2, 0.25) is 0 Å². The molecule has 0 aromatic carbocycles. The Kier molecular flexibility index (Phi) is 4.61. The lowest BCUT2D eigenvalue weighted by molar-refractivity contribution is -0.159. The second-order valence-corrected chi connectivity index (χ2v) is 7.04. The van der Waals surface area contributed by atoms with Crippen LogP contribution in [0.5, 0.6) is 0 Å². The number of aromatic nitrogens is 3. The standard InChI is InChI=1S/C18H21N5O4/c1-22-11-18(26-10-16(22)25)6-8-23(12-18)15(24)5-4-14-20-17(21-27-14)13-3-2-7-19-9-13/h2-3,7,9H,4-6,8,10-12H2,1H3/t18-/m1/s1. The van der Waals surface area contributed by atoms with E-state index in [2.05, 4.69) is 15.1 Å². The average Bonchev–Trinajstić information content (AvgIpc) is 3.32. The van der Waals surface area contributed by atoms with E-state index < -0.39 is 5.60 Å². The van der Waals surface area contributed by atoms with Crippen molar-refractivity contribution in [1.29, 1.82) is 0 Å². The van der Waals surface area contributed by atoms with Gasteiger partial charge in [0.1, 0.15) is 12.2 Å². The Bertz CT molecular complexity index is 839. The topological polar surface area (TPSA) is 102 Å². The van der Waals surface area contributed by atoms with E-state index in [0.717, 1.165) is 12.0 Å². The van der Waals surface area contributed by atoms with Crippen molar-refractivity contribution in [2.24, 2.45) is 0 Å². The summed E-state index contributed by atoms with van der Waals surface area (Å²) in [5, 5.41) is 3.94. The molecule has 2 aliphatic rings. The summed E-state index contributed by atoms with van der Waals surface area (Å²) < 4.78 is 11.0. The number of rotatable bonds is 4. The Morgan fingerprint density at radius 3 is 3.04 bits per heavy atom. The molecule has 2 aromatic rings. The third-order valence-corrected chi connectivity index (χ3v) is 5.06. The maximum atomic E-state index is 12.6. The number of ether oxygens (including phenoxy) is 1. The summed E-state index contributed by atoms with van der Waals surface area (Å²) in [6.45, 7) is 1.74. The molecule has 0 aliphatic carbocycles. The molecule has 142 valence electrons. The maximum Gasteiger partial charge on any atom is 0.248 e. The SMILES string of the molecule is CN1C[C@@]2(CCN(C(=O)CCc3nc(-c4cccnc4)no3)C2)OCC1=O. The van der Waals surface area contributed by atoms with E-state index in [9.17, 15) is 9.59 Å². The van der Waals surface area contributed by atoms with Crippen molar-refractivity contribution in [3.05, 3.63) is 30.4 Å². The zero-order valence-electron chi connectivity index (χ0n) is 15.1. The molecule has 2 amide bonds. The smallest absolute Gasteiger partial charge is 0.248 e. The van der Waals surface area contributed by atoms with Gasteiger partial charge in [-0.3, -0.25) is 14.6 Å². The van der Waals surface area contributed by atoms with E-state index in [-0.39, 0.29) is 18.4 Å². The molecule has 0 radical (unpaired) electrons. The van der Waals surface area contributed by atoms with Crippen LogP contribution in [0.3, 0.4) is 0 Å². The van der Waals surface area contributed by atoms with Crippen LogP contribution in [0, 0.1) is 0 Å². The van der Waals surface area contributed by atoms with Crippen molar-refractivity contribution in [1.82, 2.24) is 24.9 Å². The minimum atomic E-state index is -0.434. The maximum absolute atomic E-state index is 12.6. The summed E-state index contributed by atoms with van der Waals surface area (Å²) in [7, 11) is 1.77. The highest BCUT2D eigenvalue weighted by atomic mass is 16.5. The van der Waals surface area contributed by atoms with Gasteiger partial charge in [0.15, 0.2) is 0 Å². The number of morpholine rings is 1. The molecule has 2 fully saturated rings. The Labute approximate surface area is 156 Å². The van der Waals surface area contributed by atoms with Gasteiger partial charge in [-0.2, -0.15) is 4.98 Å². The molecule has 9 nitrogen and oxygen atoms in total. The Morgan fingerprint density at radius 1 is 1.37 bits per heavy atom. The zero-order valence-corrected chi connectivity index (χ0v) is 15.1. The number of carbonyl (C=O) groups excluding carboxylic acids is 2. The van der Waals surface area contributed by atoms with Crippen LogP contribution >= 0.6 is 0 Å². The molecule has 2 aromatic heterocycles. The first-order valence-electron chi connectivity index (χ1n) is 8.93. The monoisotopic (exact) mass is 371 g/mol. The zero-order chi connectivity index (χ0) is 18.9. The molecule has 2 aliphatic heterocycles. The van der Waals surface area contributed by atoms with Gasteiger partial charge >= 0.3 is 0 Å². The highest BCUT2D eigenvalue weighted by Crippen LogP contribution is 2.29. The van der Waals surface area contributed by atoms with Gasteiger partial charge in [-0.05, 0) is 18.6 Å². The fourth-order valence-electron chi connectivity index (χ4n) is 3.54. The first-order chi connectivity index (χ1) is 13.0. The number of likely N-dealkylation sites (N-methyl/N-ethyl adjacent to an activating group) is 1. The molecule has 0 unspecified atom stereocenters. The van der Waals surface area contributed by atoms with E-state index in [0.29, 0.717) is 44.2 Å². The Morgan fingerprint density at radius 2 is 2.26 bits per heavy atom. The van der Waals surface area contributed by atoms with Crippen molar-refractivity contribution >= 4 is 11.8 Å². The molecule has 1 atom stereocenters. The fourth-order valence-corrected chi connectivity index (χ4v) is 3.54. The number of carbonyl (C=O) groups is 2. The Balaban J connectivity index is 1.32. The van der Waals surface area contributed by atoms with E-state index in [1.54, 1.807) is 35.3 Å². The Hall–Kier alpha value is -2.81. The quantitative estimate of drug-likeness (QED) is 0.772. The average molecular weight is 371 g/mol. The van der Waals surface area contributed by atoms with Crippen molar-refractivity contribution in [2.75, 3.05) is 33.3 Å². The normalized spacial score (nSPS) is 22.6. The second kappa shape index (κ2) is 7.07. The van der Waals surface area contributed by atoms with Crippen LogP contribution < -0.4 is 0 Å². The summed E-state index contributed by atoms with van der Waals surface area (Å²) >= 11 is 0. The van der Waals surface area contributed by atoms with E-state index in [4.69, 9.17) is 9.26 Å². The third-order valence-electron chi connectivity index (χ3n) is 5.06. The van der Waals surface area contributed by atoms with Crippen LogP contribution in [0.15, 0.2) is 29.0 Å². The number of hydrogen-bond donors (Lipinski definition) is 0. The van der Waals surface area contributed by atoms with Gasteiger partial charge in [-0.1, -0.05) is 5.16 Å². The molecule has 4 heterocycles. The lowest BCUT2D eigenvalue weighted by atomic mass is 10.0. The number of aryl methyl sites for hydroxylation is 1. The largest absolute Gasteiger partial charge is 0.361 e. The molecular weight excluding hydrogens is 350 g/mol. The van der Waals surface area contributed by atoms with Crippen molar-refractivity contribution in [2.45, 2.75) is 24.9 Å². The van der Waals surface area contributed by atoms with Crippen LogP contribution in [0.1, 0.15) is 18.7 Å². The third kappa shape index (κ3) is 3.68. The predicted octanol–water partition coefficient (Wildman–Crippen LogP) is 0.524. The molecule has 4 rings (SSSR count). The molecule has 0 bridgehead atoms. The number of nitrogens with zero attached hydrogens (tertiary/aromatic N) is 5. The van der Waals surface area contributed by atoms with Crippen molar-refractivity contribution in [3.8, 4) is 11.4 Å². The summed E-state index contributed by atoms with van der Waals surface area (Å²) in [5.41, 5.74) is 0.337. The van der Waals surface area contributed by atoms with Gasteiger partial charge < -0.3 is 19.1 Å². The fraction of sp³-hybridized carbons (Fsp3) is 0.500. The predicted molar refractivity (Wildman–Crippen MR) is 93.4 cm³/mol. The van der Waals surface area contributed by atoms with Gasteiger partial charge in [-0.15, -0.1) is 0 Å². The second-order valence-electron chi connectivity index (χ2n) is 7.04. The highest BCUT2D eigenvalue weighted by Gasteiger charge is 2.45. The molecule has 2 saturated heterocycles. The summed E-state index contributed by atoms with van der Waals surface area (Å²) in [6.07, 6.45) is 4.75. The number of hydrogen-bond acceptors (Lipinski definition) is 7. The van der Waals surface area contributed by atoms with Gasteiger partial charge in [0.25, 0.3) is 0 Å². The summed E-state index contributed by atoms with van der Waals surface area (Å²) in [5.74, 6) is 0.895.